The van der Waals surface area contributed by atoms with E-state index in [2.05, 4.69) is 15.9 Å². The van der Waals surface area contributed by atoms with Crippen LogP contribution in [0.25, 0.3) is 0 Å². The zero-order valence-corrected chi connectivity index (χ0v) is 21.0. The van der Waals surface area contributed by atoms with E-state index in [9.17, 15) is 18.3 Å². The standard InChI is InChI=1S/C26H27F5N8O/c1-2-15-7-6-10-19(25(33,34)26(29,30)31)18(15)14-39(35)22-20(32)21(38-12-11-17(40)13-38)36-23(37-22)24(27,28)16-8-4-3-5-9-16/h1,3-10,17,40H,11-14,32-35H2. The smallest absolute Gasteiger partial charge is 0.393 e. The van der Waals surface area contributed by atoms with Crippen molar-refractivity contribution in [2.75, 3.05) is 28.7 Å². The fourth-order valence-electron chi connectivity index (χ4n) is 4.44. The molecule has 1 aliphatic heterocycles. The Morgan fingerprint density at radius 2 is 1.73 bits per heavy atom. The van der Waals surface area contributed by atoms with Crippen LogP contribution in [0.1, 0.15) is 34.5 Å². The molecule has 1 aromatic heterocycles. The van der Waals surface area contributed by atoms with E-state index in [0.717, 1.165) is 11.1 Å². The van der Waals surface area contributed by atoms with E-state index >= 15 is 8.78 Å². The van der Waals surface area contributed by atoms with Crippen LogP contribution in [-0.4, -0.2) is 40.4 Å². The largest absolute Gasteiger partial charge is 0.423 e. The predicted octanol–water partition coefficient (Wildman–Crippen LogP) is 2.26. The van der Waals surface area contributed by atoms with E-state index in [1.54, 1.807) is 6.07 Å². The molecule has 0 aliphatic carbocycles. The van der Waals surface area contributed by atoms with Gasteiger partial charge in [-0.1, -0.05) is 48.4 Å². The lowest BCUT2D eigenvalue weighted by Crippen LogP contribution is -2.58. The van der Waals surface area contributed by atoms with Gasteiger partial charge in [-0.15, -0.1) is 6.42 Å². The monoisotopic (exact) mass is 562 g/mol. The second kappa shape index (κ2) is 10.5. The predicted molar refractivity (Wildman–Crippen MR) is 140 cm³/mol. The first-order chi connectivity index (χ1) is 18.7. The number of anilines is 3. The topological polar surface area (TPSA) is 157 Å². The van der Waals surface area contributed by atoms with Gasteiger partial charge in [0.25, 0.3) is 0 Å². The van der Waals surface area contributed by atoms with Crippen LogP contribution in [-0.2, 0) is 18.1 Å². The highest BCUT2D eigenvalue weighted by molar-refractivity contribution is 5.76. The summed E-state index contributed by atoms with van der Waals surface area (Å²) in [6, 6.07) is 10.4. The highest BCUT2D eigenvalue weighted by Gasteiger charge is 2.51. The summed E-state index contributed by atoms with van der Waals surface area (Å²) in [5.74, 6) is 3.32. The quantitative estimate of drug-likeness (QED) is 0.0958. The Kier molecular flexibility index (Phi) is 7.61. The normalized spacial score (nSPS) is 16.2. The van der Waals surface area contributed by atoms with Crippen molar-refractivity contribution in [3.05, 3.63) is 76.6 Å². The van der Waals surface area contributed by atoms with Gasteiger partial charge in [0.05, 0.1) is 12.6 Å². The Labute approximate surface area is 226 Å². The van der Waals surface area contributed by atoms with E-state index in [1.807, 2.05) is 0 Å². The van der Waals surface area contributed by atoms with Crippen molar-refractivity contribution >= 4 is 17.3 Å². The fourth-order valence-corrected chi connectivity index (χ4v) is 4.44. The maximum atomic E-state index is 15.6. The number of alkyl halides is 5. The van der Waals surface area contributed by atoms with Gasteiger partial charge in [0.1, 0.15) is 5.69 Å². The number of β-amino-alcohol motifs (C(OH)–C–C–N with tert-alkyl or cyclic N) is 1. The van der Waals surface area contributed by atoms with Crippen LogP contribution in [0.3, 0.4) is 0 Å². The minimum absolute atomic E-state index is 0.0113. The molecule has 9 N–H and O–H groups in total. The van der Waals surface area contributed by atoms with Gasteiger partial charge in [-0.2, -0.15) is 22.0 Å². The van der Waals surface area contributed by atoms with Crippen molar-refractivity contribution in [1.29, 1.82) is 0 Å². The molecular formula is C26H27F5N8O. The lowest BCUT2D eigenvalue weighted by molar-refractivity contribution is -0.188. The molecule has 0 bridgehead atoms. The highest BCUT2D eigenvalue weighted by atomic mass is 19.4. The Morgan fingerprint density at radius 1 is 1.05 bits per heavy atom. The molecule has 1 saturated heterocycles. The number of nitrogens with zero attached hydrogens (tertiary/aromatic N) is 4. The molecule has 4 rings (SSSR count). The van der Waals surface area contributed by atoms with Gasteiger partial charge in [0, 0.05) is 29.8 Å². The second-order valence-corrected chi connectivity index (χ2v) is 9.41. The lowest BCUT2D eigenvalue weighted by atomic mass is 9.91. The number of nitrogens with two attached hydrogens (primary N) is 4. The fraction of sp³-hybridized carbons (Fsp3) is 0.308. The minimum Gasteiger partial charge on any atom is -0.393 e. The van der Waals surface area contributed by atoms with Crippen molar-refractivity contribution in [3.8, 4) is 12.3 Å². The van der Waals surface area contributed by atoms with Crippen LogP contribution in [0, 0.1) is 12.3 Å². The molecule has 2 aromatic carbocycles. The van der Waals surface area contributed by atoms with E-state index in [-0.39, 0.29) is 35.7 Å². The maximum absolute atomic E-state index is 15.6. The minimum atomic E-state index is -5.07. The molecule has 0 amide bonds. The van der Waals surface area contributed by atoms with Gasteiger partial charge in [0.15, 0.2) is 17.3 Å². The van der Waals surface area contributed by atoms with E-state index < -0.39 is 53.2 Å². The summed E-state index contributed by atoms with van der Waals surface area (Å²) < 4.78 is 72.5. The van der Waals surface area contributed by atoms with E-state index in [1.165, 1.54) is 41.3 Å². The zero-order chi connectivity index (χ0) is 29.5. The van der Waals surface area contributed by atoms with E-state index in [0.29, 0.717) is 6.42 Å². The van der Waals surface area contributed by atoms with Crippen molar-refractivity contribution in [2.24, 2.45) is 17.3 Å². The van der Waals surface area contributed by atoms with Gasteiger partial charge >= 0.3 is 12.1 Å². The van der Waals surface area contributed by atoms with Crippen LogP contribution >= 0.6 is 0 Å². The summed E-state index contributed by atoms with van der Waals surface area (Å²) in [5.41, 5.74) is 12.6. The Balaban J connectivity index is 1.86. The summed E-state index contributed by atoms with van der Waals surface area (Å²) in [6.45, 7) is -0.275. The van der Waals surface area contributed by atoms with Crippen molar-refractivity contribution in [2.45, 2.75) is 36.8 Å². The summed E-state index contributed by atoms with van der Waals surface area (Å²) in [6.07, 6.45) is 0.0410. The SMILES string of the molecule is C#Cc1cccc(C(N)(N)C(F)(F)F)c1CN(N)c1nc(C(F)(F)c2ccccc2)nc(N2CCC(O)C2)c1N. The number of hydrogen-bond donors (Lipinski definition) is 5. The van der Waals surface area contributed by atoms with Crippen LogP contribution in [0.4, 0.5) is 39.3 Å². The molecule has 212 valence electrons. The highest BCUT2D eigenvalue weighted by Crippen LogP contribution is 2.40. The maximum Gasteiger partial charge on any atom is 0.423 e. The molecule has 1 unspecified atom stereocenters. The Bertz CT molecular complexity index is 1430. The number of hydrogen-bond acceptors (Lipinski definition) is 9. The first-order valence-electron chi connectivity index (χ1n) is 12.0. The number of nitrogen functional groups attached to an aromatic ring is 1. The molecule has 40 heavy (non-hydrogen) atoms. The third-order valence-corrected chi connectivity index (χ3v) is 6.63. The number of rotatable bonds is 7. The van der Waals surface area contributed by atoms with Crippen molar-refractivity contribution in [3.63, 3.8) is 0 Å². The average molecular weight is 563 g/mol. The molecule has 1 atom stereocenters. The van der Waals surface area contributed by atoms with E-state index in [4.69, 9.17) is 29.5 Å². The van der Waals surface area contributed by atoms with Gasteiger partial charge in [-0.25, -0.2) is 15.8 Å². The van der Waals surface area contributed by atoms with Crippen LogP contribution in [0.2, 0.25) is 0 Å². The third-order valence-electron chi connectivity index (χ3n) is 6.63. The Morgan fingerprint density at radius 3 is 2.30 bits per heavy atom. The summed E-state index contributed by atoms with van der Waals surface area (Å²) in [7, 11) is 0. The summed E-state index contributed by atoms with van der Waals surface area (Å²) in [4.78, 5) is 9.49. The van der Waals surface area contributed by atoms with Gasteiger partial charge in [-0.05, 0) is 18.1 Å². The number of aliphatic hydroxyl groups is 1. The molecule has 2 heterocycles. The van der Waals surface area contributed by atoms with Crippen molar-refractivity contribution < 1.29 is 27.1 Å². The summed E-state index contributed by atoms with van der Waals surface area (Å²) >= 11 is 0. The molecular weight excluding hydrogens is 535 g/mol. The Hall–Kier alpha value is -4.03. The average Bonchev–Trinajstić information content (AvgIpc) is 3.34. The van der Waals surface area contributed by atoms with Gasteiger partial charge in [-0.3, -0.25) is 5.01 Å². The number of aromatic nitrogens is 2. The van der Waals surface area contributed by atoms with Crippen LogP contribution in [0.15, 0.2) is 48.5 Å². The first-order valence-corrected chi connectivity index (χ1v) is 12.0. The number of hydrazine groups is 1. The molecule has 1 aliphatic rings. The number of halogens is 5. The molecule has 9 nitrogen and oxygen atoms in total. The van der Waals surface area contributed by atoms with Crippen LogP contribution < -0.4 is 33.0 Å². The summed E-state index contributed by atoms with van der Waals surface area (Å²) in [5, 5.41) is 10.8. The zero-order valence-electron chi connectivity index (χ0n) is 21.0. The van der Waals surface area contributed by atoms with Gasteiger partial charge < -0.3 is 27.2 Å². The number of benzene rings is 2. The van der Waals surface area contributed by atoms with Crippen molar-refractivity contribution in [1.82, 2.24) is 9.97 Å². The lowest BCUT2D eigenvalue weighted by Gasteiger charge is -2.32. The third kappa shape index (κ3) is 5.24. The first kappa shape index (κ1) is 29.0. The van der Waals surface area contributed by atoms with Gasteiger partial charge in [0.2, 0.25) is 5.82 Å². The van der Waals surface area contributed by atoms with Crippen LogP contribution in [0.5, 0.6) is 0 Å². The molecule has 0 radical (unpaired) electrons. The molecule has 1 fully saturated rings. The molecule has 3 aromatic rings. The number of terminal acetylenes is 1. The molecule has 14 heteroatoms. The molecule has 0 spiro atoms. The second-order valence-electron chi connectivity index (χ2n) is 9.41. The number of aliphatic hydroxyl groups excluding tert-OH is 1. The molecule has 0 saturated carbocycles.